The number of hydrogen-bond acceptors (Lipinski definition) is 16. The summed E-state index contributed by atoms with van der Waals surface area (Å²) >= 11 is 0. The van der Waals surface area contributed by atoms with Crippen LogP contribution < -0.4 is 97.5 Å². The highest BCUT2D eigenvalue weighted by molar-refractivity contribution is 4.36. The van der Waals surface area contributed by atoms with E-state index in [4.69, 9.17) is 74.5 Å². The highest BCUT2D eigenvalue weighted by Gasteiger charge is 1.86. The van der Waals surface area contributed by atoms with Crippen LogP contribution in [0.25, 0.3) is 0 Å². The van der Waals surface area contributed by atoms with Crippen LogP contribution in [0, 0.1) is 41.0 Å². The fraction of sp³-hybridized carbons (Fsp3) is 1.00. The van der Waals surface area contributed by atoms with E-state index < -0.39 is 41.0 Å². The third kappa shape index (κ3) is 356. The Hall–Kier alpha value is 0.360. The Balaban J connectivity index is -0.0000000638. The molecule has 0 unspecified atom stereocenters. The maximum Gasteiger partial charge on any atom is 0.0739 e. The minimum atomic E-state index is -4.94. The number of hydrogen-bond donors (Lipinski definition) is 4. The molecular weight excluding hydrogens is 742 g/mol. The van der Waals surface area contributed by atoms with Gasteiger partial charge in [0, 0.05) is 0 Å². The van der Waals surface area contributed by atoms with Gasteiger partial charge in [-0.1, -0.05) is 79.1 Å². The van der Waals surface area contributed by atoms with E-state index in [9.17, 15) is 0 Å². The molecule has 0 atom stereocenters. The summed E-state index contributed by atoms with van der Waals surface area (Å²) < 4.78 is 136. The fourth-order valence-electron chi connectivity index (χ4n) is 2.41. The van der Waals surface area contributed by atoms with Gasteiger partial charge < -0.3 is 22.9 Å². The molecule has 0 aromatic rings. The Morgan fingerprint density at radius 3 is 0.417 bits per heavy atom. The Bertz CT molecular complexity index is 392. The lowest BCUT2D eigenvalue weighted by atomic mass is 10.2. The average Bonchev–Trinajstić information content (AvgIpc) is 2.87. The van der Waals surface area contributed by atoms with Gasteiger partial charge in [-0.3, -0.25) is 0 Å². The predicted molar refractivity (Wildman–Crippen MR) is 128 cm³/mol. The van der Waals surface area contributed by atoms with Crippen molar-refractivity contribution in [2.24, 2.45) is 0 Å². The summed E-state index contributed by atoms with van der Waals surface area (Å²) in [6.07, 6.45) is 21.6. The maximum atomic E-state index is 8.49. The summed E-state index contributed by atoms with van der Waals surface area (Å²) in [5.41, 5.74) is 15.0. The number of quaternary nitrogens is 4. The van der Waals surface area contributed by atoms with Gasteiger partial charge in [0.15, 0.2) is 0 Å². The molecular formula is C24H64Cl4N4O16. The van der Waals surface area contributed by atoms with Crippen LogP contribution in [0.1, 0.15) is 130 Å². The third-order valence-corrected chi connectivity index (χ3v) is 4.41. The number of rotatable bonds is 16. The second-order valence-electron chi connectivity index (χ2n) is 9.17. The van der Waals surface area contributed by atoms with E-state index in [1.54, 1.807) is 0 Å². The van der Waals surface area contributed by atoms with E-state index in [-0.39, 0.29) is 0 Å². The van der Waals surface area contributed by atoms with Gasteiger partial charge in [0.25, 0.3) is 0 Å². The zero-order valence-electron chi connectivity index (χ0n) is 29.0. The summed E-state index contributed by atoms with van der Waals surface area (Å²) in [6, 6.07) is 0. The normalized spacial score (nSPS) is 10.5. The second-order valence-corrected chi connectivity index (χ2v) is 12.2. The number of unbranched alkanes of at least 4 members (excludes halogenated alkanes) is 12. The highest BCUT2D eigenvalue weighted by Crippen LogP contribution is 1.96. The van der Waals surface area contributed by atoms with Crippen molar-refractivity contribution >= 4 is 0 Å². The van der Waals surface area contributed by atoms with Gasteiger partial charge in [0.2, 0.25) is 0 Å². The lowest BCUT2D eigenvalue weighted by molar-refractivity contribution is -2.00. The molecule has 48 heavy (non-hydrogen) atoms. The van der Waals surface area contributed by atoms with Gasteiger partial charge in [-0.05, 0) is 51.4 Å². The van der Waals surface area contributed by atoms with Crippen molar-refractivity contribution < 1.29 is 138 Å². The largest absolute Gasteiger partial charge is 0.358 e. The molecule has 304 valence electrons. The van der Waals surface area contributed by atoms with Crippen molar-refractivity contribution in [3.05, 3.63) is 0 Å². The van der Waals surface area contributed by atoms with Crippen molar-refractivity contribution in [1.29, 1.82) is 0 Å². The van der Waals surface area contributed by atoms with E-state index in [1.165, 1.54) is 103 Å². The molecule has 0 aliphatic carbocycles. The Kier molecular flexibility index (Phi) is 71.8. The van der Waals surface area contributed by atoms with E-state index in [1.807, 2.05) is 0 Å². The van der Waals surface area contributed by atoms with Crippen LogP contribution in [0.3, 0.4) is 0 Å². The predicted octanol–water partition coefficient (Wildman–Crippen LogP) is -15.8. The van der Waals surface area contributed by atoms with Gasteiger partial charge in [0.1, 0.15) is 0 Å². The smallest absolute Gasteiger partial charge is 0.0739 e. The van der Waals surface area contributed by atoms with E-state index in [0.717, 1.165) is 26.2 Å². The van der Waals surface area contributed by atoms with E-state index in [0.29, 0.717) is 0 Å². The van der Waals surface area contributed by atoms with Crippen LogP contribution in [0.15, 0.2) is 0 Å². The van der Waals surface area contributed by atoms with Crippen LogP contribution in [-0.4, -0.2) is 26.2 Å². The first-order valence-corrected chi connectivity index (χ1v) is 20.2. The minimum absolute atomic E-state index is 1.11. The standard InChI is InChI=1S/4C6H15N.4ClHO4/c4*1-2-3-4-5-6-7;4*2-1(3,4)5/h4*2-7H2,1H3;4*(H,2,3,4,5). The Morgan fingerprint density at radius 2 is 0.354 bits per heavy atom. The summed E-state index contributed by atoms with van der Waals surface area (Å²) in [5.74, 6) is 0. The molecule has 0 spiro atoms. The summed E-state index contributed by atoms with van der Waals surface area (Å²) in [7, 11) is -19.8. The molecule has 0 amide bonds. The lowest BCUT2D eigenvalue weighted by Gasteiger charge is -2.17. The molecule has 20 nitrogen and oxygen atoms in total. The first-order valence-electron chi connectivity index (χ1n) is 15.3. The fourth-order valence-corrected chi connectivity index (χ4v) is 2.41. The van der Waals surface area contributed by atoms with Crippen LogP contribution >= 0.6 is 0 Å². The molecule has 0 aromatic heterocycles. The zero-order chi connectivity index (χ0) is 40.1. The molecule has 0 aliphatic rings. The summed E-state index contributed by atoms with van der Waals surface area (Å²) in [5, 5.41) is 0. The molecule has 24 heteroatoms. The van der Waals surface area contributed by atoms with Crippen molar-refractivity contribution in [3.63, 3.8) is 0 Å². The molecule has 0 fully saturated rings. The maximum absolute atomic E-state index is 8.49. The molecule has 0 aliphatic heterocycles. The summed E-state index contributed by atoms with van der Waals surface area (Å²) in [6.45, 7) is 13.3. The molecule has 0 aromatic carbocycles. The van der Waals surface area contributed by atoms with Crippen LogP contribution in [0.4, 0.5) is 0 Å². The van der Waals surface area contributed by atoms with E-state index >= 15 is 0 Å². The van der Waals surface area contributed by atoms with Crippen LogP contribution in [-0.2, 0) is 0 Å². The van der Waals surface area contributed by atoms with Crippen LogP contribution in [0.5, 0.6) is 0 Å². The van der Waals surface area contributed by atoms with Gasteiger partial charge in [0.05, 0.1) is 26.2 Å². The molecule has 0 bridgehead atoms. The molecule has 0 heterocycles. The SMILES string of the molecule is CCCCCC[NH3+].CCCCCC[NH3+].CCCCCC[NH3+].CCCCCC[NH3+].[O-][Cl+3]([O-])([O-])[O-].[O-][Cl+3]([O-])([O-])[O-].[O-][Cl+3]([O-])([O-])[O-].[O-][Cl+3]([O-])([O-])[O-]. The topological polar surface area (TPSA) is 480 Å². The van der Waals surface area contributed by atoms with E-state index in [2.05, 4.69) is 50.6 Å². The monoisotopic (exact) mass is 804 g/mol. The molecule has 0 saturated carbocycles. The van der Waals surface area contributed by atoms with Crippen molar-refractivity contribution in [1.82, 2.24) is 0 Å². The Labute approximate surface area is 294 Å². The lowest BCUT2D eigenvalue weighted by Crippen LogP contribution is -2.68. The third-order valence-electron chi connectivity index (χ3n) is 4.41. The van der Waals surface area contributed by atoms with Gasteiger partial charge >= 0.3 is 0 Å². The highest BCUT2D eigenvalue weighted by atomic mass is 35.7. The van der Waals surface area contributed by atoms with Crippen molar-refractivity contribution in [2.45, 2.75) is 130 Å². The quantitative estimate of drug-likeness (QED) is 0.105. The first kappa shape index (κ1) is 66.6. The zero-order valence-corrected chi connectivity index (χ0v) is 32.0. The molecule has 12 N–H and O–H groups in total. The van der Waals surface area contributed by atoms with Crippen molar-refractivity contribution in [3.8, 4) is 0 Å². The van der Waals surface area contributed by atoms with Gasteiger partial charge in [-0.2, -0.15) is 0 Å². The average molecular weight is 807 g/mol. The van der Waals surface area contributed by atoms with Gasteiger partial charge in [-0.25, -0.2) is 74.5 Å². The Morgan fingerprint density at radius 1 is 0.250 bits per heavy atom. The van der Waals surface area contributed by atoms with Gasteiger partial charge in [-0.15, -0.1) is 41.0 Å². The molecule has 0 rings (SSSR count). The minimum Gasteiger partial charge on any atom is -0.358 e. The van der Waals surface area contributed by atoms with Crippen LogP contribution in [0.2, 0.25) is 0 Å². The first-order chi connectivity index (χ1) is 21.7. The summed E-state index contributed by atoms with van der Waals surface area (Å²) in [4.78, 5) is 0. The second kappa shape index (κ2) is 51.7. The molecule has 0 radical (unpaired) electrons. The molecule has 0 saturated heterocycles. The van der Waals surface area contributed by atoms with Crippen molar-refractivity contribution in [2.75, 3.05) is 26.2 Å². The number of halogens is 4.